The number of pyridine rings is 1. The van der Waals surface area contributed by atoms with E-state index < -0.39 is 0 Å². The van der Waals surface area contributed by atoms with Crippen molar-refractivity contribution in [1.29, 1.82) is 0 Å². The Balaban J connectivity index is 2.02. The summed E-state index contributed by atoms with van der Waals surface area (Å²) in [6, 6.07) is 10.1. The third-order valence-corrected chi connectivity index (χ3v) is 4.28. The second-order valence-corrected chi connectivity index (χ2v) is 5.97. The number of benzene rings is 1. The molecule has 2 heterocycles. The molecule has 1 unspecified atom stereocenters. The number of fused-ring (bicyclic) bond motifs is 1. The van der Waals surface area contributed by atoms with Gasteiger partial charge in [-0.2, -0.15) is 0 Å². The van der Waals surface area contributed by atoms with E-state index in [-0.39, 0.29) is 5.91 Å². The highest BCUT2D eigenvalue weighted by Crippen LogP contribution is 2.22. The van der Waals surface area contributed by atoms with Gasteiger partial charge in [-0.15, -0.1) is 0 Å². The van der Waals surface area contributed by atoms with E-state index in [1.807, 2.05) is 42.2 Å². The molecule has 4 nitrogen and oxygen atoms in total. The van der Waals surface area contributed by atoms with Crippen LogP contribution in [0.3, 0.4) is 0 Å². The van der Waals surface area contributed by atoms with Gasteiger partial charge in [0.05, 0.1) is 11.1 Å². The first-order valence-corrected chi connectivity index (χ1v) is 8.08. The van der Waals surface area contributed by atoms with Gasteiger partial charge in [0.25, 0.3) is 5.91 Å². The molecular weight excluding hydrogens is 274 g/mol. The molecule has 4 heteroatoms. The van der Waals surface area contributed by atoms with Gasteiger partial charge in [0.1, 0.15) is 0 Å². The highest BCUT2D eigenvalue weighted by molar-refractivity contribution is 6.06. The standard InChI is InChI=1S/C18H23N3O/c1-3-10-21(14-8-9-19-12-14)18(22)16-11-13(2)20-17-7-5-4-6-15(16)17/h4-7,11,14,19H,3,8-10,12H2,1-2H3. The molecule has 1 aromatic carbocycles. The second-order valence-electron chi connectivity index (χ2n) is 5.97. The summed E-state index contributed by atoms with van der Waals surface area (Å²) in [5, 5.41) is 4.31. The SMILES string of the molecule is CCCN(C(=O)c1cc(C)nc2ccccc12)C1CCNC1. The normalized spacial score (nSPS) is 17.8. The molecule has 1 saturated heterocycles. The molecule has 2 aromatic rings. The number of rotatable bonds is 4. The van der Waals surface area contributed by atoms with Crippen molar-refractivity contribution in [2.45, 2.75) is 32.7 Å². The van der Waals surface area contributed by atoms with Gasteiger partial charge in [-0.25, -0.2) is 0 Å². The Bertz CT molecular complexity index is 677. The lowest BCUT2D eigenvalue weighted by atomic mass is 10.0. The summed E-state index contributed by atoms with van der Waals surface area (Å²) in [5.74, 6) is 0.136. The first kappa shape index (κ1) is 15.0. The largest absolute Gasteiger partial charge is 0.334 e. The van der Waals surface area contributed by atoms with Crippen molar-refractivity contribution in [2.24, 2.45) is 0 Å². The number of hydrogen-bond acceptors (Lipinski definition) is 3. The second kappa shape index (κ2) is 6.44. The summed E-state index contributed by atoms with van der Waals surface area (Å²) in [6.45, 7) is 6.77. The van der Waals surface area contributed by atoms with Gasteiger partial charge in [0.15, 0.2) is 0 Å². The zero-order valence-corrected chi connectivity index (χ0v) is 13.3. The van der Waals surface area contributed by atoms with Crippen LogP contribution in [-0.4, -0.2) is 41.5 Å². The summed E-state index contributed by atoms with van der Waals surface area (Å²) < 4.78 is 0. The van der Waals surface area contributed by atoms with E-state index in [1.165, 1.54) is 0 Å². The van der Waals surface area contributed by atoms with E-state index in [4.69, 9.17) is 0 Å². The van der Waals surface area contributed by atoms with Gasteiger partial charge < -0.3 is 10.2 Å². The van der Waals surface area contributed by atoms with Crippen molar-refractivity contribution in [2.75, 3.05) is 19.6 Å². The molecule has 1 fully saturated rings. The van der Waals surface area contributed by atoms with Gasteiger partial charge in [-0.1, -0.05) is 25.1 Å². The molecule has 1 aliphatic rings. The van der Waals surface area contributed by atoms with Crippen LogP contribution in [0.1, 0.15) is 35.8 Å². The summed E-state index contributed by atoms with van der Waals surface area (Å²) in [6.07, 6.45) is 2.01. The Morgan fingerprint density at radius 2 is 2.23 bits per heavy atom. The topological polar surface area (TPSA) is 45.2 Å². The number of aryl methyl sites for hydroxylation is 1. The molecule has 0 aliphatic carbocycles. The van der Waals surface area contributed by atoms with E-state index in [9.17, 15) is 4.79 Å². The van der Waals surface area contributed by atoms with E-state index >= 15 is 0 Å². The maximum Gasteiger partial charge on any atom is 0.254 e. The minimum atomic E-state index is 0.136. The van der Waals surface area contributed by atoms with Gasteiger partial charge in [-0.05, 0) is 38.4 Å². The Morgan fingerprint density at radius 3 is 2.95 bits per heavy atom. The molecule has 1 aliphatic heterocycles. The Labute approximate surface area is 131 Å². The molecule has 1 N–H and O–H groups in total. The molecule has 22 heavy (non-hydrogen) atoms. The molecule has 1 aromatic heterocycles. The zero-order chi connectivity index (χ0) is 15.5. The maximum atomic E-state index is 13.2. The first-order valence-electron chi connectivity index (χ1n) is 8.08. The Kier molecular flexibility index (Phi) is 4.39. The van der Waals surface area contributed by atoms with Crippen molar-refractivity contribution in [1.82, 2.24) is 15.2 Å². The van der Waals surface area contributed by atoms with Gasteiger partial charge in [-0.3, -0.25) is 9.78 Å². The predicted molar refractivity (Wildman–Crippen MR) is 89.1 cm³/mol. The van der Waals surface area contributed by atoms with Crippen molar-refractivity contribution < 1.29 is 4.79 Å². The van der Waals surface area contributed by atoms with E-state index in [1.54, 1.807) is 0 Å². The number of aromatic nitrogens is 1. The smallest absolute Gasteiger partial charge is 0.254 e. The molecule has 1 atom stereocenters. The fraction of sp³-hybridized carbons (Fsp3) is 0.444. The summed E-state index contributed by atoms with van der Waals surface area (Å²) in [7, 11) is 0. The summed E-state index contributed by atoms with van der Waals surface area (Å²) >= 11 is 0. The number of nitrogens with one attached hydrogen (secondary N) is 1. The lowest BCUT2D eigenvalue weighted by Gasteiger charge is -2.28. The average Bonchev–Trinajstić information content (AvgIpc) is 3.05. The van der Waals surface area contributed by atoms with Crippen LogP contribution in [0.4, 0.5) is 0 Å². The third-order valence-electron chi connectivity index (χ3n) is 4.28. The van der Waals surface area contributed by atoms with Crippen LogP contribution in [0.25, 0.3) is 10.9 Å². The predicted octanol–water partition coefficient (Wildman–Crippen LogP) is 2.76. The van der Waals surface area contributed by atoms with Crippen molar-refractivity contribution in [3.63, 3.8) is 0 Å². The van der Waals surface area contributed by atoms with Crippen molar-refractivity contribution in [3.8, 4) is 0 Å². The van der Waals surface area contributed by atoms with Crippen LogP contribution in [0.2, 0.25) is 0 Å². The van der Waals surface area contributed by atoms with Crippen LogP contribution >= 0.6 is 0 Å². The minimum absolute atomic E-state index is 0.136. The summed E-state index contributed by atoms with van der Waals surface area (Å²) in [5.41, 5.74) is 2.57. The molecule has 116 valence electrons. The molecule has 3 rings (SSSR count). The van der Waals surface area contributed by atoms with Crippen LogP contribution in [0.5, 0.6) is 0 Å². The fourth-order valence-corrected chi connectivity index (χ4v) is 3.24. The monoisotopic (exact) mass is 297 g/mol. The minimum Gasteiger partial charge on any atom is -0.334 e. The van der Waals surface area contributed by atoms with Gasteiger partial charge >= 0.3 is 0 Å². The zero-order valence-electron chi connectivity index (χ0n) is 13.3. The lowest BCUT2D eigenvalue weighted by molar-refractivity contribution is 0.0694. The first-order chi connectivity index (χ1) is 10.7. The molecular formula is C18H23N3O. The number of carbonyl (C=O) groups excluding carboxylic acids is 1. The number of carbonyl (C=O) groups is 1. The van der Waals surface area contributed by atoms with E-state index in [2.05, 4.69) is 17.2 Å². The molecule has 0 bridgehead atoms. The quantitative estimate of drug-likeness (QED) is 0.944. The average molecular weight is 297 g/mol. The Hall–Kier alpha value is -1.94. The Morgan fingerprint density at radius 1 is 1.41 bits per heavy atom. The van der Waals surface area contributed by atoms with Crippen LogP contribution < -0.4 is 5.32 Å². The van der Waals surface area contributed by atoms with Crippen LogP contribution in [0.15, 0.2) is 30.3 Å². The fourth-order valence-electron chi connectivity index (χ4n) is 3.24. The van der Waals surface area contributed by atoms with E-state index in [0.29, 0.717) is 6.04 Å². The third kappa shape index (κ3) is 2.83. The van der Waals surface area contributed by atoms with Crippen molar-refractivity contribution in [3.05, 3.63) is 41.6 Å². The molecule has 0 saturated carbocycles. The summed E-state index contributed by atoms with van der Waals surface area (Å²) in [4.78, 5) is 19.7. The molecule has 1 amide bonds. The maximum absolute atomic E-state index is 13.2. The van der Waals surface area contributed by atoms with E-state index in [0.717, 1.165) is 54.6 Å². The highest BCUT2D eigenvalue weighted by Gasteiger charge is 2.27. The van der Waals surface area contributed by atoms with Gasteiger partial charge in [0, 0.05) is 30.2 Å². The number of para-hydroxylation sites is 1. The number of nitrogens with zero attached hydrogens (tertiary/aromatic N) is 2. The van der Waals surface area contributed by atoms with Crippen LogP contribution in [0, 0.1) is 6.92 Å². The van der Waals surface area contributed by atoms with Crippen LogP contribution in [-0.2, 0) is 0 Å². The molecule has 0 spiro atoms. The number of amides is 1. The van der Waals surface area contributed by atoms with Gasteiger partial charge in [0.2, 0.25) is 0 Å². The molecule has 0 radical (unpaired) electrons. The lowest BCUT2D eigenvalue weighted by Crippen LogP contribution is -2.42. The number of hydrogen-bond donors (Lipinski definition) is 1. The highest BCUT2D eigenvalue weighted by atomic mass is 16.2. The van der Waals surface area contributed by atoms with Crippen molar-refractivity contribution >= 4 is 16.8 Å².